The molecule has 0 bridgehead atoms. The van der Waals surface area contributed by atoms with Crippen LogP contribution in [-0.2, 0) is 9.53 Å². The van der Waals surface area contributed by atoms with E-state index in [9.17, 15) is 4.79 Å². The highest BCUT2D eigenvalue weighted by molar-refractivity contribution is 5.77. The van der Waals surface area contributed by atoms with Crippen LogP contribution in [0.1, 0.15) is 19.8 Å². The molecule has 0 saturated heterocycles. The van der Waals surface area contributed by atoms with Crippen LogP contribution in [-0.4, -0.2) is 32.2 Å². The lowest BCUT2D eigenvalue weighted by Gasteiger charge is -2.03. The minimum absolute atomic E-state index is 0.0473. The zero-order valence-electron chi connectivity index (χ0n) is 7.64. The van der Waals surface area contributed by atoms with Crippen molar-refractivity contribution in [3.63, 3.8) is 0 Å². The Morgan fingerprint density at radius 2 is 2.25 bits per heavy atom. The second-order valence-electron chi connectivity index (χ2n) is 2.48. The summed E-state index contributed by atoms with van der Waals surface area (Å²) in [5.74, 6) is -0.0473. The second kappa shape index (κ2) is 8.49. The van der Waals surface area contributed by atoms with Crippen molar-refractivity contribution in [3.05, 3.63) is 0 Å². The fourth-order valence-electron chi connectivity index (χ4n) is 0.743. The number of ether oxygens (including phenoxy) is 1. The molecule has 0 aliphatic rings. The lowest BCUT2D eigenvalue weighted by atomic mass is 10.3. The standard InChI is InChI=1S/C8H18N2O2/c1-2-12-7-8(11)10-6-4-3-5-9/h2-7,9H2,1H3,(H,10,11). The SMILES string of the molecule is CCOCC(=O)NCCCCN. The number of hydrogen-bond acceptors (Lipinski definition) is 3. The van der Waals surface area contributed by atoms with Gasteiger partial charge in [0.25, 0.3) is 0 Å². The Morgan fingerprint density at radius 3 is 2.83 bits per heavy atom. The van der Waals surface area contributed by atoms with Gasteiger partial charge in [-0.3, -0.25) is 4.79 Å². The third-order valence-electron chi connectivity index (χ3n) is 1.39. The molecule has 0 spiro atoms. The van der Waals surface area contributed by atoms with Crippen LogP contribution in [0, 0.1) is 0 Å². The smallest absolute Gasteiger partial charge is 0.245 e. The quantitative estimate of drug-likeness (QED) is 0.529. The summed E-state index contributed by atoms with van der Waals surface area (Å²) < 4.78 is 4.92. The van der Waals surface area contributed by atoms with Gasteiger partial charge in [-0.25, -0.2) is 0 Å². The minimum atomic E-state index is -0.0473. The van der Waals surface area contributed by atoms with Crippen molar-refractivity contribution in [3.8, 4) is 0 Å². The van der Waals surface area contributed by atoms with E-state index in [1.165, 1.54) is 0 Å². The first-order valence-corrected chi connectivity index (χ1v) is 4.35. The average molecular weight is 174 g/mol. The van der Waals surface area contributed by atoms with Crippen LogP contribution in [0.3, 0.4) is 0 Å². The summed E-state index contributed by atoms with van der Waals surface area (Å²) in [6.45, 7) is 3.99. The van der Waals surface area contributed by atoms with Gasteiger partial charge in [0.05, 0.1) is 0 Å². The number of rotatable bonds is 7. The van der Waals surface area contributed by atoms with Crippen LogP contribution in [0.25, 0.3) is 0 Å². The van der Waals surface area contributed by atoms with Crippen molar-refractivity contribution in [2.45, 2.75) is 19.8 Å². The molecule has 4 heteroatoms. The van der Waals surface area contributed by atoms with Crippen molar-refractivity contribution in [2.75, 3.05) is 26.3 Å². The predicted octanol–water partition coefficient (Wildman–Crippen LogP) is -0.122. The predicted molar refractivity (Wildman–Crippen MR) is 47.8 cm³/mol. The molecule has 3 N–H and O–H groups in total. The largest absolute Gasteiger partial charge is 0.372 e. The fraction of sp³-hybridized carbons (Fsp3) is 0.875. The molecule has 0 saturated carbocycles. The lowest BCUT2D eigenvalue weighted by Crippen LogP contribution is -2.28. The van der Waals surface area contributed by atoms with E-state index in [0.29, 0.717) is 19.7 Å². The molecule has 1 amide bonds. The molecular formula is C8H18N2O2. The van der Waals surface area contributed by atoms with Crippen LogP contribution in [0.2, 0.25) is 0 Å². The van der Waals surface area contributed by atoms with Gasteiger partial charge in [-0.2, -0.15) is 0 Å². The Kier molecular flexibility index (Phi) is 8.05. The van der Waals surface area contributed by atoms with E-state index in [0.717, 1.165) is 12.8 Å². The van der Waals surface area contributed by atoms with Crippen molar-refractivity contribution in [1.82, 2.24) is 5.32 Å². The number of nitrogens with two attached hydrogens (primary N) is 1. The molecule has 0 atom stereocenters. The van der Waals surface area contributed by atoms with Crippen molar-refractivity contribution in [2.24, 2.45) is 5.73 Å². The van der Waals surface area contributed by atoms with Gasteiger partial charge in [0.2, 0.25) is 5.91 Å². The van der Waals surface area contributed by atoms with Crippen LogP contribution in [0.15, 0.2) is 0 Å². The van der Waals surface area contributed by atoms with E-state index in [2.05, 4.69) is 5.32 Å². The first-order chi connectivity index (χ1) is 5.81. The highest BCUT2D eigenvalue weighted by Gasteiger charge is 1.97. The van der Waals surface area contributed by atoms with Crippen molar-refractivity contribution >= 4 is 5.91 Å². The number of carbonyl (C=O) groups excluding carboxylic acids is 1. The summed E-state index contributed by atoms with van der Waals surface area (Å²) >= 11 is 0. The zero-order valence-corrected chi connectivity index (χ0v) is 7.64. The Hall–Kier alpha value is -0.610. The average Bonchev–Trinajstić information content (AvgIpc) is 2.09. The van der Waals surface area contributed by atoms with Crippen LogP contribution >= 0.6 is 0 Å². The van der Waals surface area contributed by atoms with Gasteiger partial charge in [-0.15, -0.1) is 0 Å². The highest BCUT2D eigenvalue weighted by atomic mass is 16.5. The van der Waals surface area contributed by atoms with E-state index < -0.39 is 0 Å². The summed E-state index contributed by atoms with van der Waals surface area (Å²) in [5.41, 5.74) is 5.29. The molecular weight excluding hydrogens is 156 g/mol. The van der Waals surface area contributed by atoms with Gasteiger partial charge in [0.15, 0.2) is 0 Å². The topological polar surface area (TPSA) is 64.3 Å². The van der Waals surface area contributed by atoms with Gasteiger partial charge in [-0.05, 0) is 26.3 Å². The maximum absolute atomic E-state index is 10.9. The van der Waals surface area contributed by atoms with Gasteiger partial charge in [0.1, 0.15) is 6.61 Å². The van der Waals surface area contributed by atoms with E-state index in [1.807, 2.05) is 6.92 Å². The molecule has 0 aliphatic heterocycles. The monoisotopic (exact) mass is 174 g/mol. The molecule has 0 rings (SSSR count). The molecule has 0 aromatic rings. The maximum Gasteiger partial charge on any atom is 0.245 e. The lowest BCUT2D eigenvalue weighted by molar-refractivity contribution is -0.125. The number of carbonyl (C=O) groups is 1. The molecule has 0 aromatic heterocycles. The number of nitrogens with one attached hydrogen (secondary N) is 1. The Labute approximate surface area is 73.5 Å². The Morgan fingerprint density at radius 1 is 1.50 bits per heavy atom. The fourth-order valence-corrected chi connectivity index (χ4v) is 0.743. The summed E-state index contributed by atoms with van der Waals surface area (Å²) in [6, 6.07) is 0. The van der Waals surface area contributed by atoms with Crippen LogP contribution in [0.4, 0.5) is 0 Å². The molecule has 0 aliphatic carbocycles. The molecule has 72 valence electrons. The normalized spacial score (nSPS) is 9.83. The van der Waals surface area contributed by atoms with Crippen molar-refractivity contribution < 1.29 is 9.53 Å². The summed E-state index contributed by atoms with van der Waals surface area (Å²) in [4.78, 5) is 10.9. The van der Waals surface area contributed by atoms with Gasteiger partial charge in [0, 0.05) is 13.2 Å². The first-order valence-electron chi connectivity index (χ1n) is 4.35. The van der Waals surface area contributed by atoms with Gasteiger partial charge in [-0.1, -0.05) is 0 Å². The third-order valence-corrected chi connectivity index (χ3v) is 1.39. The molecule has 0 fully saturated rings. The van der Waals surface area contributed by atoms with Crippen LogP contribution < -0.4 is 11.1 Å². The molecule has 0 heterocycles. The second-order valence-corrected chi connectivity index (χ2v) is 2.48. The number of amides is 1. The van der Waals surface area contributed by atoms with E-state index >= 15 is 0 Å². The van der Waals surface area contributed by atoms with E-state index in [1.54, 1.807) is 0 Å². The summed E-state index contributed by atoms with van der Waals surface area (Å²) in [5, 5.41) is 2.73. The molecule has 0 radical (unpaired) electrons. The molecule has 0 unspecified atom stereocenters. The zero-order chi connectivity index (χ0) is 9.23. The summed E-state index contributed by atoms with van der Waals surface area (Å²) in [7, 11) is 0. The van der Waals surface area contributed by atoms with E-state index in [4.69, 9.17) is 10.5 Å². The van der Waals surface area contributed by atoms with E-state index in [-0.39, 0.29) is 12.5 Å². The van der Waals surface area contributed by atoms with Crippen LogP contribution in [0.5, 0.6) is 0 Å². The molecule has 4 nitrogen and oxygen atoms in total. The maximum atomic E-state index is 10.9. The molecule has 0 aromatic carbocycles. The Balaban J connectivity index is 3.08. The third kappa shape index (κ3) is 7.50. The first kappa shape index (κ1) is 11.4. The Bertz CT molecular complexity index is 118. The summed E-state index contributed by atoms with van der Waals surface area (Å²) in [6.07, 6.45) is 1.89. The van der Waals surface area contributed by atoms with Gasteiger partial charge < -0.3 is 15.8 Å². The minimum Gasteiger partial charge on any atom is -0.372 e. The number of hydrogen-bond donors (Lipinski definition) is 2. The number of unbranched alkanes of at least 4 members (excludes halogenated alkanes) is 1. The van der Waals surface area contributed by atoms with Gasteiger partial charge >= 0.3 is 0 Å². The highest BCUT2D eigenvalue weighted by Crippen LogP contribution is 1.82. The van der Waals surface area contributed by atoms with Crippen molar-refractivity contribution in [1.29, 1.82) is 0 Å². The molecule has 12 heavy (non-hydrogen) atoms.